The second kappa shape index (κ2) is 9.19. The van der Waals surface area contributed by atoms with Gasteiger partial charge in [0.25, 0.3) is 5.56 Å². The number of carbonyl (C=O) groups excluding carboxylic acids is 1. The minimum Gasteiger partial charge on any atom is -0.325 e. The van der Waals surface area contributed by atoms with E-state index >= 15 is 0 Å². The van der Waals surface area contributed by atoms with Crippen LogP contribution in [-0.2, 0) is 17.9 Å². The van der Waals surface area contributed by atoms with Gasteiger partial charge in [-0.1, -0.05) is 43.3 Å². The smallest absolute Gasteiger partial charge is 0.275 e. The molecule has 3 aromatic rings. The standard InChI is InChI=1S/C23H27N5O2/c1-2-18-7-4-6-10-21(18)25-22(29)16-26-11-13-27(14-12-26)17-28-23(30)20-9-5-3-8-19(20)15-24-28/h3-10,15H,2,11-14,16-17H2,1H3,(H,25,29). The number of benzene rings is 2. The van der Waals surface area contributed by atoms with Gasteiger partial charge < -0.3 is 5.32 Å². The molecule has 1 aromatic heterocycles. The molecular weight excluding hydrogens is 378 g/mol. The van der Waals surface area contributed by atoms with Crippen LogP contribution in [0.2, 0.25) is 0 Å². The topological polar surface area (TPSA) is 70.5 Å². The lowest BCUT2D eigenvalue weighted by Crippen LogP contribution is -2.49. The molecule has 0 unspecified atom stereocenters. The molecule has 0 aliphatic carbocycles. The van der Waals surface area contributed by atoms with Crippen LogP contribution in [0, 0.1) is 0 Å². The first-order valence-electron chi connectivity index (χ1n) is 10.4. The Morgan fingerprint density at radius 2 is 1.70 bits per heavy atom. The zero-order chi connectivity index (χ0) is 20.9. The van der Waals surface area contributed by atoms with Crippen molar-refractivity contribution < 1.29 is 4.79 Å². The summed E-state index contributed by atoms with van der Waals surface area (Å²) in [5, 5.41) is 8.90. The van der Waals surface area contributed by atoms with Crippen LogP contribution >= 0.6 is 0 Å². The fourth-order valence-corrected chi connectivity index (χ4v) is 3.85. The summed E-state index contributed by atoms with van der Waals surface area (Å²) < 4.78 is 1.52. The number of hydrogen-bond acceptors (Lipinski definition) is 5. The van der Waals surface area contributed by atoms with Gasteiger partial charge in [0.2, 0.25) is 5.91 Å². The Hall–Kier alpha value is -3.03. The van der Waals surface area contributed by atoms with Crippen LogP contribution < -0.4 is 10.9 Å². The van der Waals surface area contributed by atoms with Crippen molar-refractivity contribution in [3.05, 3.63) is 70.6 Å². The predicted octanol–water partition coefficient (Wildman–Crippen LogP) is 2.17. The lowest BCUT2D eigenvalue weighted by Gasteiger charge is -2.34. The molecule has 0 bridgehead atoms. The van der Waals surface area contributed by atoms with Crippen molar-refractivity contribution in [2.75, 3.05) is 38.0 Å². The van der Waals surface area contributed by atoms with E-state index in [1.54, 1.807) is 6.20 Å². The van der Waals surface area contributed by atoms with Crippen LogP contribution in [0.5, 0.6) is 0 Å². The number of hydrogen-bond donors (Lipinski definition) is 1. The number of rotatable bonds is 6. The van der Waals surface area contributed by atoms with Crippen molar-refractivity contribution in [2.24, 2.45) is 0 Å². The molecule has 2 aromatic carbocycles. The van der Waals surface area contributed by atoms with Crippen molar-refractivity contribution in [3.8, 4) is 0 Å². The number of nitrogens with one attached hydrogen (secondary N) is 1. The second-order valence-electron chi connectivity index (χ2n) is 7.63. The summed E-state index contributed by atoms with van der Waals surface area (Å²) in [6.07, 6.45) is 2.63. The quantitative estimate of drug-likeness (QED) is 0.681. The average Bonchev–Trinajstić information content (AvgIpc) is 2.77. The number of amides is 1. The minimum absolute atomic E-state index is 0.0109. The molecule has 0 radical (unpaired) electrons. The molecule has 0 spiro atoms. The summed E-state index contributed by atoms with van der Waals surface area (Å²) in [4.78, 5) is 29.5. The maximum Gasteiger partial charge on any atom is 0.275 e. The summed E-state index contributed by atoms with van der Waals surface area (Å²) in [7, 11) is 0. The third-order valence-electron chi connectivity index (χ3n) is 5.60. The molecule has 1 fully saturated rings. The molecule has 7 nitrogen and oxygen atoms in total. The molecular formula is C23H27N5O2. The summed E-state index contributed by atoms with van der Waals surface area (Å²) in [6.45, 7) is 6.07. The molecule has 4 rings (SSSR count). The summed E-state index contributed by atoms with van der Waals surface area (Å²) in [5.41, 5.74) is 1.97. The van der Waals surface area contributed by atoms with Gasteiger partial charge in [0.05, 0.1) is 24.8 Å². The van der Waals surface area contributed by atoms with Gasteiger partial charge in [0, 0.05) is 37.3 Å². The third-order valence-corrected chi connectivity index (χ3v) is 5.60. The number of nitrogens with zero attached hydrogens (tertiary/aromatic N) is 4. The van der Waals surface area contributed by atoms with Crippen molar-refractivity contribution in [3.63, 3.8) is 0 Å². The van der Waals surface area contributed by atoms with Crippen LogP contribution in [0.1, 0.15) is 12.5 Å². The number of aryl methyl sites for hydroxylation is 1. The Balaban J connectivity index is 1.30. The number of aromatic nitrogens is 2. The Morgan fingerprint density at radius 3 is 2.50 bits per heavy atom. The molecule has 7 heteroatoms. The molecule has 1 aliphatic heterocycles. The fraction of sp³-hybridized carbons (Fsp3) is 0.348. The summed E-state index contributed by atoms with van der Waals surface area (Å²) in [6, 6.07) is 15.4. The van der Waals surface area contributed by atoms with Crippen molar-refractivity contribution >= 4 is 22.4 Å². The van der Waals surface area contributed by atoms with Crippen LogP contribution in [0.4, 0.5) is 5.69 Å². The summed E-state index contributed by atoms with van der Waals surface area (Å²) in [5.74, 6) is 0.0109. The van der Waals surface area contributed by atoms with E-state index in [9.17, 15) is 9.59 Å². The van der Waals surface area contributed by atoms with Crippen LogP contribution in [0.25, 0.3) is 10.8 Å². The zero-order valence-corrected chi connectivity index (χ0v) is 17.3. The largest absolute Gasteiger partial charge is 0.325 e. The number of fused-ring (bicyclic) bond motifs is 1. The highest BCUT2D eigenvalue weighted by Crippen LogP contribution is 2.15. The van der Waals surface area contributed by atoms with Gasteiger partial charge in [0.1, 0.15) is 0 Å². The lowest BCUT2D eigenvalue weighted by molar-refractivity contribution is -0.117. The summed E-state index contributed by atoms with van der Waals surface area (Å²) >= 11 is 0. The van der Waals surface area contributed by atoms with E-state index in [-0.39, 0.29) is 11.5 Å². The van der Waals surface area contributed by atoms with Crippen molar-refractivity contribution in [2.45, 2.75) is 20.0 Å². The molecule has 1 amide bonds. The van der Waals surface area contributed by atoms with E-state index < -0.39 is 0 Å². The van der Waals surface area contributed by atoms with E-state index in [4.69, 9.17) is 0 Å². The molecule has 1 N–H and O–H groups in total. The molecule has 1 aliphatic rings. The van der Waals surface area contributed by atoms with E-state index in [0.29, 0.717) is 18.6 Å². The van der Waals surface area contributed by atoms with E-state index in [0.717, 1.165) is 49.2 Å². The number of piperazine rings is 1. The Morgan fingerprint density at radius 1 is 1.00 bits per heavy atom. The minimum atomic E-state index is -0.0653. The van der Waals surface area contributed by atoms with Crippen molar-refractivity contribution in [1.82, 2.24) is 19.6 Å². The van der Waals surface area contributed by atoms with Gasteiger partial charge in [-0.15, -0.1) is 0 Å². The highest BCUT2D eigenvalue weighted by atomic mass is 16.2. The molecule has 0 saturated carbocycles. The van der Waals surface area contributed by atoms with Gasteiger partial charge in [-0.3, -0.25) is 19.4 Å². The molecule has 30 heavy (non-hydrogen) atoms. The van der Waals surface area contributed by atoms with E-state index in [1.165, 1.54) is 4.68 Å². The monoisotopic (exact) mass is 405 g/mol. The molecule has 0 atom stereocenters. The lowest BCUT2D eigenvalue weighted by atomic mass is 10.1. The average molecular weight is 406 g/mol. The Labute approximate surface area is 175 Å². The maximum absolute atomic E-state index is 12.6. The molecule has 156 valence electrons. The maximum atomic E-state index is 12.6. The molecule has 2 heterocycles. The van der Waals surface area contributed by atoms with Crippen LogP contribution in [-0.4, -0.2) is 58.2 Å². The van der Waals surface area contributed by atoms with Crippen LogP contribution in [0.3, 0.4) is 0 Å². The normalized spacial score (nSPS) is 15.4. The first-order valence-corrected chi connectivity index (χ1v) is 10.4. The van der Waals surface area contributed by atoms with Gasteiger partial charge in [-0.25, -0.2) is 4.68 Å². The zero-order valence-electron chi connectivity index (χ0n) is 17.3. The number of para-hydroxylation sites is 1. The van der Waals surface area contributed by atoms with Gasteiger partial charge in [-0.05, 0) is 24.1 Å². The highest BCUT2D eigenvalue weighted by Gasteiger charge is 2.20. The van der Waals surface area contributed by atoms with Crippen molar-refractivity contribution in [1.29, 1.82) is 0 Å². The predicted molar refractivity (Wildman–Crippen MR) is 118 cm³/mol. The SMILES string of the molecule is CCc1ccccc1NC(=O)CN1CCN(Cn2ncc3ccccc3c2=O)CC1. The molecule has 1 saturated heterocycles. The highest BCUT2D eigenvalue weighted by molar-refractivity contribution is 5.93. The van der Waals surface area contributed by atoms with E-state index in [1.807, 2.05) is 48.5 Å². The van der Waals surface area contributed by atoms with Gasteiger partial charge in [-0.2, -0.15) is 5.10 Å². The van der Waals surface area contributed by atoms with E-state index in [2.05, 4.69) is 27.1 Å². The number of carbonyl (C=O) groups is 1. The van der Waals surface area contributed by atoms with Gasteiger partial charge >= 0.3 is 0 Å². The first kappa shape index (κ1) is 20.3. The Kier molecular flexibility index (Phi) is 6.21. The third kappa shape index (κ3) is 4.58. The van der Waals surface area contributed by atoms with Crippen LogP contribution in [0.15, 0.2) is 59.5 Å². The second-order valence-corrected chi connectivity index (χ2v) is 7.63. The number of anilines is 1. The fourth-order valence-electron chi connectivity index (χ4n) is 3.85. The van der Waals surface area contributed by atoms with Gasteiger partial charge in [0.15, 0.2) is 0 Å². The Bertz CT molecular complexity index is 1090. The first-order chi connectivity index (χ1) is 14.6.